The van der Waals surface area contributed by atoms with E-state index in [1.807, 2.05) is 6.07 Å². The molecule has 226 valence electrons. The van der Waals surface area contributed by atoms with E-state index in [1.54, 1.807) is 13.0 Å². The van der Waals surface area contributed by atoms with Gasteiger partial charge in [0.1, 0.15) is 5.82 Å². The molecule has 4 rings (SSSR count). The van der Waals surface area contributed by atoms with Gasteiger partial charge in [0.2, 0.25) is 5.91 Å². The first kappa shape index (κ1) is 31.5. The molecule has 0 N–H and O–H groups in total. The second-order valence-corrected chi connectivity index (χ2v) is 11.8. The Balaban J connectivity index is 1.81. The molecule has 1 aliphatic carbocycles. The normalized spacial score (nSPS) is 18.2. The van der Waals surface area contributed by atoms with Gasteiger partial charge in [0, 0.05) is 24.2 Å². The number of pyridine rings is 1. The Morgan fingerprint density at radius 3 is 1.90 bits per heavy atom. The van der Waals surface area contributed by atoms with Crippen LogP contribution in [0.3, 0.4) is 0 Å². The van der Waals surface area contributed by atoms with Crippen LogP contribution in [-0.4, -0.2) is 17.9 Å². The SMILES string of the molecule is Cc1cc(F)ccc1-c1cc(C2CCC(C)CC2)ncc1N(C)C(=O)C(C)(C)c1cc(C(F)(F)F)cc(C(F)(F)F)c1. The second kappa shape index (κ2) is 11.3. The van der Waals surface area contributed by atoms with Crippen molar-refractivity contribution in [2.45, 2.75) is 77.1 Å². The van der Waals surface area contributed by atoms with Crippen molar-refractivity contribution in [1.82, 2.24) is 4.98 Å². The fourth-order valence-corrected chi connectivity index (χ4v) is 5.62. The molecule has 1 fully saturated rings. The fourth-order valence-electron chi connectivity index (χ4n) is 5.62. The predicted octanol–water partition coefficient (Wildman–Crippen LogP) is 9.47. The van der Waals surface area contributed by atoms with Gasteiger partial charge in [-0.1, -0.05) is 25.8 Å². The Morgan fingerprint density at radius 1 is 0.833 bits per heavy atom. The number of nitrogens with zero attached hydrogens (tertiary/aromatic N) is 2. The van der Waals surface area contributed by atoms with Crippen LogP contribution < -0.4 is 4.90 Å². The largest absolute Gasteiger partial charge is 0.416 e. The second-order valence-electron chi connectivity index (χ2n) is 11.8. The molecule has 0 radical (unpaired) electrons. The molecule has 1 saturated carbocycles. The molecular formula is C32H33F7N2O. The number of halogens is 7. The first-order valence-electron chi connectivity index (χ1n) is 13.7. The van der Waals surface area contributed by atoms with Gasteiger partial charge >= 0.3 is 12.4 Å². The van der Waals surface area contributed by atoms with Crippen molar-refractivity contribution < 1.29 is 35.5 Å². The molecule has 3 nitrogen and oxygen atoms in total. The number of hydrogen-bond acceptors (Lipinski definition) is 2. The zero-order chi connectivity index (χ0) is 31.2. The molecule has 0 saturated heterocycles. The minimum absolute atomic E-state index is 0.0395. The lowest BCUT2D eigenvalue weighted by Crippen LogP contribution is -2.42. The number of anilines is 1. The van der Waals surface area contributed by atoms with Crippen LogP contribution in [0.1, 0.15) is 80.3 Å². The van der Waals surface area contributed by atoms with Gasteiger partial charge in [-0.2, -0.15) is 26.3 Å². The summed E-state index contributed by atoms with van der Waals surface area (Å²) in [5.41, 5.74) is -2.28. The maximum atomic E-state index is 14.0. The van der Waals surface area contributed by atoms with Crippen LogP contribution in [0.25, 0.3) is 11.1 Å². The lowest BCUT2D eigenvalue weighted by Gasteiger charge is -2.32. The molecule has 42 heavy (non-hydrogen) atoms. The van der Waals surface area contributed by atoms with E-state index in [4.69, 9.17) is 0 Å². The third kappa shape index (κ3) is 6.47. The summed E-state index contributed by atoms with van der Waals surface area (Å²) in [5, 5.41) is 0. The van der Waals surface area contributed by atoms with Gasteiger partial charge in [-0.3, -0.25) is 9.78 Å². The molecule has 3 aromatic rings. The van der Waals surface area contributed by atoms with Crippen molar-refractivity contribution in [2.75, 3.05) is 11.9 Å². The topological polar surface area (TPSA) is 33.2 Å². The highest BCUT2D eigenvalue weighted by Gasteiger charge is 2.41. The molecule has 1 heterocycles. The van der Waals surface area contributed by atoms with E-state index < -0.39 is 46.2 Å². The summed E-state index contributed by atoms with van der Waals surface area (Å²) in [4.78, 5) is 19.8. The van der Waals surface area contributed by atoms with Gasteiger partial charge in [0.05, 0.1) is 28.4 Å². The van der Waals surface area contributed by atoms with Crippen LogP contribution in [0.5, 0.6) is 0 Å². The van der Waals surface area contributed by atoms with Crippen molar-refractivity contribution in [1.29, 1.82) is 0 Å². The van der Waals surface area contributed by atoms with Crippen LogP contribution in [-0.2, 0) is 22.6 Å². The summed E-state index contributed by atoms with van der Waals surface area (Å²) in [6, 6.07) is 7.30. The molecule has 0 atom stereocenters. The third-order valence-electron chi connectivity index (χ3n) is 8.33. The highest BCUT2D eigenvalue weighted by Crippen LogP contribution is 2.42. The average molecular weight is 595 g/mol. The Kier molecular flexibility index (Phi) is 8.50. The summed E-state index contributed by atoms with van der Waals surface area (Å²) in [6.45, 7) is 6.49. The smallest absolute Gasteiger partial charge is 0.313 e. The van der Waals surface area contributed by atoms with Gasteiger partial charge in [-0.15, -0.1) is 0 Å². The van der Waals surface area contributed by atoms with E-state index in [0.29, 0.717) is 40.4 Å². The monoisotopic (exact) mass is 594 g/mol. The standard InChI is InChI=1S/C32H33F7N2O/c1-18-6-8-20(9-7-18)27-16-26(25-11-10-24(33)12-19(25)2)28(17-40-27)41(5)29(42)30(3,4)21-13-22(31(34,35)36)15-23(14-21)32(37,38)39/h10-18,20H,6-9H2,1-5H3. The average Bonchev–Trinajstić information content (AvgIpc) is 2.91. The maximum Gasteiger partial charge on any atom is 0.416 e. The molecule has 0 spiro atoms. The number of carbonyl (C=O) groups is 1. The summed E-state index contributed by atoms with van der Waals surface area (Å²) in [7, 11) is 1.41. The lowest BCUT2D eigenvalue weighted by atomic mass is 9.80. The van der Waals surface area contributed by atoms with Crippen molar-refractivity contribution >= 4 is 11.6 Å². The number of aryl methyl sites for hydroxylation is 1. The van der Waals surface area contributed by atoms with Crippen molar-refractivity contribution in [3.8, 4) is 11.1 Å². The van der Waals surface area contributed by atoms with Gasteiger partial charge in [-0.25, -0.2) is 4.39 Å². The number of likely N-dealkylation sites (N-methyl/N-ethyl adjacent to an activating group) is 1. The minimum atomic E-state index is -5.05. The summed E-state index contributed by atoms with van der Waals surface area (Å²) >= 11 is 0. The van der Waals surface area contributed by atoms with E-state index in [-0.39, 0.29) is 12.0 Å². The number of rotatable bonds is 5. The van der Waals surface area contributed by atoms with Gasteiger partial charge in [-0.05, 0) is 92.6 Å². The molecule has 10 heteroatoms. The molecule has 1 amide bonds. The van der Waals surface area contributed by atoms with Crippen LogP contribution >= 0.6 is 0 Å². The number of aromatic nitrogens is 1. The number of alkyl halides is 6. The molecule has 0 unspecified atom stereocenters. The zero-order valence-electron chi connectivity index (χ0n) is 24.1. The highest BCUT2D eigenvalue weighted by molar-refractivity contribution is 6.03. The van der Waals surface area contributed by atoms with E-state index in [2.05, 4.69) is 11.9 Å². The molecule has 1 aliphatic rings. The molecule has 0 aliphatic heterocycles. The zero-order valence-corrected chi connectivity index (χ0v) is 24.1. The lowest BCUT2D eigenvalue weighted by molar-refractivity contribution is -0.143. The number of carbonyl (C=O) groups excluding carboxylic acids is 1. The predicted molar refractivity (Wildman–Crippen MR) is 148 cm³/mol. The van der Waals surface area contributed by atoms with Crippen LogP contribution in [0.4, 0.5) is 36.4 Å². The summed E-state index contributed by atoms with van der Waals surface area (Å²) in [6.07, 6.45) is -4.63. The summed E-state index contributed by atoms with van der Waals surface area (Å²) in [5.74, 6) is -0.377. The van der Waals surface area contributed by atoms with Gasteiger partial charge in [0.15, 0.2) is 0 Å². The van der Waals surface area contributed by atoms with Gasteiger partial charge < -0.3 is 4.90 Å². The Bertz CT molecular complexity index is 1440. The molecule has 2 aromatic carbocycles. The number of benzene rings is 2. The minimum Gasteiger partial charge on any atom is -0.313 e. The van der Waals surface area contributed by atoms with E-state index in [1.165, 1.54) is 44.1 Å². The van der Waals surface area contributed by atoms with E-state index in [0.717, 1.165) is 31.4 Å². The van der Waals surface area contributed by atoms with Crippen LogP contribution in [0, 0.1) is 18.7 Å². The van der Waals surface area contributed by atoms with Crippen LogP contribution in [0.2, 0.25) is 0 Å². The summed E-state index contributed by atoms with van der Waals surface area (Å²) < 4.78 is 95.4. The van der Waals surface area contributed by atoms with Crippen molar-refractivity contribution in [3.63, 3.8) is 0 Å². The Morgan fingerprint density at radius 2 is 1.38 bits per heavy atom. The first-order valence-corrected chi connectivity index (χ1v) is 13.7. The maximum absolute atomic E-state index is 14.0. The first-order chi connectivity index (χ1) is 19.4. The number of amides is 1. The Hall–Kier alpha value is -3.43. The van der Waals surface area contributed by atoms with Gasteiger partial charge in [0.25, 0.3) is 0 Å². The molecule has 0 bridgehead atoms. The molecule has 1 aromatic heterocycles. The Labute approximate surface area is 240 Å². The fraction of sp³-hybridized carbons (Fsp3) is 0.438. The third-order valence-corrected chi connectivity index (χ3v) is 8.33. The molecular weight excluding hydrogens is 561 g/mol. The van der Waals surface area contributed by atoms with E-state index in [9.17, 15) is 35.5 Å². The highest BCUT2D eigenvalue weighted by atomic mass is 19.4. The number of hydrogen-bond donors (Lipinski definition) is 0. The van der Waals surface area contributed by atoms with Crippen molar-refractivity contribution in [3.05, 3.63) is 82.4 Å². The van der Waals surface area contributed by atoms with Crippen LogP contribution in [0.15, 0.2) is 48.7 Å². The van der Waals surface area contributed by atoms with Crippen molar-refractivity contribution in [2.24, 2.45) is 5.92 Å². The quantitative estimate of drug-likeness (QED) is 0.276. The van der Waals surface area contributed by atoms with E-state index >= 15 is 0 Å².